The Hall–Kier alpha value is -3.39. The number of carbonyl (C=O) groups is 1. The summed E-state index contributed by atoms with van der Waals surface area (Å²) in [4.78, 5) is 16.8. The number of rotatable bonds is 5. The van der Waals surface area contributed by atoms with Crippen molar-refractivity contribution in [3.63, 3.8) is 0 Å². The molecule has 1 aliphatic rings. The normalized spacial score (nSPS) is 15.9. The van der Waals surface area contributed by atoms with E-state index in [0.29, 0.717) is 29.3 Å². The number of nitrogen functional groups attached to an aromatic ring is 1. The zero-order valence-electron chi connectivity index (χ0n) is 16.2. The first-order valence-corrected chi connectivity index (χ1v) is 9.06. The number of nitrogens with two attached hydrogens (primary N) is 1. The third-order valence-electron chi connectivity index (χ3n) is 4.53. The number of aryl methyl sites for hydroxylation is 1. The van der Waals surface area contributed by atoms with Crippen LogP contribution in [0.5, 0.6) is 0 Å². The van der Waals surface area contributed by atoms with E-state index in [-0.39, 0.29) is 12.1 Å². The number of anilines is 2. The molecule has 1 heterocycles. The molecule has 1 aliphatic heterocycles. The Kier molecular flexibility index (Phi) is 5.60. The van der Waals surface area contributed by atoms with Gasteiger partial charge in [0.1, 0.15) is 6.17 Å². The minimum absolute atomic E-state index is 0.0701. The van der Waals surface area contributed by atoms with Gasteiger partial charge in [0.15, 0.2) is 0 Å². The van der Waals surface area contributed by atoms with Crippen molar-refractivity contribution in [3.8, 4) is 0 Å². The summed E-state index contributed by atoms with van der Waals surface area (Å²) in [5.74, 6) is 0.579. The van der Waals surface area contributed by atoms with Crippen molar-refractivity contribution < 1.29 is 4.79 Å². The molecule has 1 amide bonds. The van der Waals surface area contributed by atoms with Crippen LogP contribution in [0.25, 0.3) is 0 Å². The van der Waals surface area contributed by atoms with Crippen molar-refractivity contribution in [1.82, 2.24) is 15.8 Å². The van der Waals surface area contributed by atoms with Crippen molar-refractivity contribution in [2.24, 2.45) is 4.99 Å². The molecule has 0 bridgehead atoms. The zero-order chi connectivity index (χ0) is 20.3. The van der Waals surface area contributed by atoms with Gasteiger partial charge >= 0.3 is 0 Å². The zero-order valence-corrected chi connectivity index (χ0v) is 16.2. The van der Waals surface area contributed by atoms with Crippen molar-refractivity contribution in [3.05, 3.63) is 58.7 Å². The predicted octanol–water partition coefficient (Wildman–Crippen LogP) is 2.24. The lowest BCUT2D eigenvalue weighted by Gasteiger charge is -2.17. The van der Waals surface area contributed by atoms with Gasteiger partial charge in [-0.3, -0.25) is 9.80 Å². The Morgan fingerprint density at radius 2 is 2.14 bits per heavy atom. The monoisotopic (exact) mass is 379 g/mol. The average Bonchev–Trinajstić information content (AvgIpc) is 3.03. The maximum Gasteiger partial charge on any atom is 0.251 e. The van der Waals surface area contributed by atoms with Crippen LogP contribution in [0.15, 0.2) is 41.4 Å². The van der Waals surface area contributed by atoms with Crippen LogP contribution >= 0.6 is 0 Å². The summed E-state index contributed by atoms with van der Waals surface area (Å²) >= 11 is 0. The Labute approximate surface area is 164 Å². The topological polar surface area (TPSA) is 119 Å². The van der Waals surface area contributed by atoms with Crippen LogP contribution in [0, 0.1) is 12.3 Å². The first-order chi connectivity index (χ1) is 13.4. The van der Waals surface area contributed by atoms with Gasteiger partial charge in [-0.05, 0) is 49.2 Å². The molecule has 2 aromatic carbocycles. The third kappa shape index (κ3) is 3.96. The summed E-state index contributed by atoms with van der Waals surface area (Å²) in [5.41, 5.74) is 13.6. The highest BCUT2D eigenvalue weighted by molar-refractivity contribution is 5.97. The van der Waals surface area contributed by atoms with E-state index in [2.05, 4.69) is 16.1 Å². The fourth-order valence-electron chi connectivity index (χ4n) is 3.02. The molecule has 0 radical (unpaired) electrons. The highest BCUT2D eigenvalue weighted by atomic mass is 16.1. The SMILES string of the molecule is CCNC(=O)c1ccc(C2N=C(Nc3ccc(N)c(C=N)c3)N(C)N2)cc1C. The van der Waals surface area contributed by atoms with Gasteiger partial charge in [0.2, 0.25) is 5.96 Å². The van der Waals surface area contributed by atoms with Gasteiger partial charge in [0.05, 0.1) is 0 Å². The van der Waals surface area contributed by atoms with Crippen LogP contribution in [-0.2, 0) is 0 Å². The molecule has 6 N–H and O–H groups in total. The molecule has 146 valence electrons. The van der Waals surface area contributed by atoms with Gasteiger partial charge in [0.25, 0.3) is 5.91 Å². The van der Waals surface area contributed by atoms with Crippen LogP contribution in [0.2, 0.25) is 0 Å². The molecule has 0 saturated heterocycles. The molecule has 8 heteroatoms. The molecular formula is C20H25N7O. The maximum atomic E-state index is 12.1. The van der Waals surface area contributed by atoms with E-state index in [0.717, 1.165) is 16.8 Å². The quantitative estimate of drug-likeness (QED) is 0.403. The number of hydrogen-bond acceptors (Lipinski definition) is 7. The third-order valence-corrected chi connectivity index (χ3v) is 4.53. The standard InChI is InChI=1S/C20H25N7O/c1-4-23-19(28)16-7-5-13(9-12(16)2)18-25-20(27(3)26-18)24-15-6-8-17(22)14(10-15)11-21/h5-11,18,21,26H,4,22H2,1-3H3,(H,23,28)(H,24,25). The Bertz CT molecular complexity index is 938. The number of hydrazine groups is 1. The Morgan fingerprint density at radius 3 is 2.82 bits per heavy atom. The number of nitrogens with zero attached hydrogens (tertiary/aromatic N) is 2. The van der Waals surface area contributed by atoms with Gasteiger partial charge in [-0.25, -0.2) is 10.4 Å². The fraction of sp³-hybridized carbons (Fsp3) is 0.250. The number of carbonyl (C=O) groups excluding carboxylic acids is 1. The number of nitrogens with one attached hydrogen (secondary N) is 4. The smallest absolute Gasteiger partial charge is 0.251 e. The van der Waals surface area contributed by atoms with E-state index < -0.39 is 0 Å². The van der Waals surface area contributed by atoms with Gasteiger partial charge in [-0.2, -0.15) is 0 Å². The molecule has 1 unspecified atom stereocenters. The van der Waals surface area contributed by atoms with E-state index in [4.69, 9.17) is 16.1 Å². The molecule has 0 saturated carbocycles. The second kappa shape index (κ2) is 8.10. The number of hydrogen-bond donors (Lipinski definition) is 5. The van der Waals surface area contributed by atoms with Gasteiger partial charge in [-0.1, -0.05) is 12.1 Å². The molecule has 1 atom stereocenters. The Morgan fingerprint density at radius 1 is 1.36 bits per heavy atom. The maximum absolute atomic E-state index is 12.1. The minimum atomic E-state index is -0.259. The lowest BCUT2D eigenvalue weighted by atomic mass is 10.0. The molecule has 28 heavy (non-hydrogen) atoms. The van der Waals surface area contributed by atoms with Gasteiger partial charge in [0, 0.05) is 42.3 Å². The molecule has 0 aliphatic carbocycles. The average molecular weight is 379 g/mol. The van der Waals surface area contributed by atoms with E-state index in [1.165, 1.54) is 6.21 Å². The first kappa shape index (κ1) is 19.4. The second-order valence-corrected chi connectivity index (χ2v) is 6.59. The largest absolute Gasteiger partial charge is 0.398 e. The first-order valence-electron chi connectivity index (χ1n) is 9.06. The summed E-state index contributed by atoms with van der Waals surface area (Å²) in [6.07, 6.45) is 0.964. The van der Waals surface area contributed by atoms with E-state index >= 15 is 0 Å². The summed E-state index contributed by atoms with van der Waals surface area (Å²) in [7, 11) is 1.87. The Balaban J connectivity index is 1.80. The van der Waals surface area contributed by atoms with Gasteiger partial charge in [-0.15, -0.1) is 0 Å². The fourth-order valence-corrected chi connectivity index (χ4v) is 3.02. The van der Waals surface area contributed by atoms with Crippen LogP contribution in [0.4, 0.5) is 11.4 Å². The van der Waals surface area contributed by atoms with Crippen LogP contribution in [-0.4, -0.2) is 36.7 Å². The highest BCUT2D eigenvalue weighted by Crippen LogP contribution is 2.24. The predicted molar refractivity (Wildman–Crippen MR) is 113 cm³/mol. The molecule has 8 nitrogen and oxygen atoms in total. The lowest BCUT2D eigenvalue weighted by Crippen LogP contribution is -2.37. The van der Waals surface area contributed by atoms with Crippen molar-refractivity contribution in [1.29, 1.82) is 5.41 Å². The number of benzene rings is 2. The summed E-state index contributed by atoms with van der Waals surface area (Å²) < 4.78 is 0. The van der Waals surface area contributed by atoms with E-state index in [1.807, 2.05) is 45.2 Å². The van der Waals surface area contributed by atoms with Crippen molar-refractivity contribution in [2.75, 3.05) is 24.6 Å². The van der Waals surface area contributed by atoms with Crippen molar-refractivity contribution >= 4 is 29.5 Å². The van der Waals surface area contributed by atoms with Crippen LogP contribution in [0.3, 0.4) is 0 Å². The molecular weight excluding hydrogens is 354 g/mol. The lowest BCUT2D eigenvalue weighted by molar-refractivity contribution is 0.0955. The molecule has 3 rings (SSSR count). The minimum Gasteiger partial charge on any atom is -0.398 e. The molecule has 0 fully saturated rings. The van der Waals surface area contributed by atoms with E-state index in [1.54, 1.807) is 17.1 Å². The number of aliphatic imine (C=N–C) groups is 1. The summed E-state index contributed by atoms with van der Waals surface area (Å²) in [6, 6.07) is 11.1. The summed E-state index contributed by atoms with van der Waals surface area (Å²) in [6.45, 7) is 4.41. The highest BCUT2D eigenvalue weighted by Gasteiger charge is 2.24. The van der Waals surface area contributed by atoms with Crippen LogP contribution < -0.4 is 21.8 Å². The van der Waals surface area contributed by atoms with Crippen LogP contribution in [0.1, 0.15) is 40.1 Å². The molecule has 2 aromatic rings. The second-order valence-electron chi connectivity index (χ2n) is 6.59. The summed E-state index contributed by atoms with van der Waals surface area (Å²) in [5, 5.41) is 15.3. The van der Waals surface area contributed by atoms with E-state index in [9.17, 15) is 4.79 Å². The molecule has 0 aromatic heterocycles. The number of amides is 1. The van der Waals surface area contributed by atoms with Gasteiger partial charge < -0.3 is 21.8 Å². The number of guanidine groups is 1. The molecule has 0 spiro atoms. The van der Waals surface area contributed by atoms with Crippen molar-refractivity contribution in [2.45, 2.75) is 20.0 Å².